The van der Waals surface area contributed by atoms with Crippen LogP contribution in [0, 0.1) is 0 Å². The van der Waals surface area contributed by atoms with Crippen molar-refractivity contribution in [3.8, 4) is 17.0 Å². The van der Waals surface area contributed by atoms with E-state index >= 15 is 0 Å². The fourth-order valence-electron chi connectivity index (χ4n) is 2.38. The van der Waals surface area contributed by atoms with Gasteiger partial charge in [0.25, 0.3) is 0 Å². The fraction of sp³-hybridized carbons (Fsp3) is 0.211. The molecule has 3 rings (SSSR count). The molecule has 3 heteroatoms. The second-order valence-corrected chi connectivity index (χ2v) is 6.27. The van der Waals surface area contributed by atoms with E-state index in [4.69, 9.17) is 4.74 Å². The molecule has 1 aromatic heterocycles. The summed E-state index contributed by atoms with van der Waals surface area (Å²) in [4.78, 5) is 4.39. The molecule has 0 aliphatic rings. The van der Waals surface area contributed by atoms with Crippen molar-refractivity contribution in [3.05, 3.63) is 70.5 Å². The molecule has 3 aromatic rings. The van der Waals surface area contributed by atoms with Gasteiger partial charge in [0.15, 0.2) is 0 Å². The van der Waals surface area contributed by atoms with Crippen LogP contribution >= 0.6 is 11.3 Å². The molecule has 0 saturated carbocycles. The van der Waals surface area contributed by atoms with Gasteiger partial charge in [0.2, 0.25) is 0 Å². The minimum Gasteiger partial charge on any atom is -0.489 e. The first-order chi connectivity index (χ1) is 10.7. The second-order valence-electron chi connectivity index (χ2n) is 5.56. The summed E-state index contributed by atoms with van der Waals surface area (Å²) in [6.45, 7) is 4.97. The average Bonchev–Trinajstić information content (AvgIpc) is 3.08. The van der Waals surface area contributed by atoms with Crippen LogP contribution in [0.15, 0.2) is 59.4 Å². The fourth-order valence-corrected chi connectivity index (χ4v) is 2.94. The summed E-state index contributed by atoms with van der Waals surface area (Å²) >= 11 is 1.62. The van der Waals surface area contributed by atoms with Gasteiger partial charge in [-0.05, 0) is 35.2 Å². The van der Waals surface area contributed by atoms with Crippen molar-refractivity contribution in [3.63, 3.8) is 0 Å². The lowest BCUT2D eigenvalue weighted by molar-refractivity contribution is 0.302. The Morgan fingerprint density at radius 2 is 1.91 bits per heavy atom. The highest BCUT2D eigenvalue weighted by atomic mass is 32.1. The number of ether oxygens (including phenoxy) is 1. The maximum absolute atomic E-state index is 6.04. The minimum absolute atomic E-state index is 0.407. The van der Waals surface area contributed by atoms with E-state index in [0.717, 1.165) is 17.0 Å². The van der Waals surface area contributed by atoms with Gasteiger partial charge in [-0.2, -0.15) is 0 Å². The molecular formula is C19H19NOS. The third kappa shape index (κ3) is 3.37. The monoisotopic (exact) mass is 309 g/mol. The largest absolute Gasteiger partial charge is 0.489 e. The number of hydrogen-bond donors (Lipinski definition) is 0. The highest BCUT2D eigenvalue weighted by molar-refractivity contribution is 7.07. The smallest absolute Gasteiger partial charge is 0.123 e. The van der Waals surface area contributed by atoms with Crippen molar-refractivity contribution in [1.29, 1.82) is 0 Å². The molecule has 112 valence electrons. The zero-order valence-electron chi connectivity index (χ0n) is 12.8. The molecule has 1 heterocycles. The molecule has 0 atom stereocenters. The topological polar surface area (TPSA) is 22.1 Å². The van der Waals surface area contributed by atoms with Crippen LogP contribution in [0.3, 0.4) is 0 Å². The van der Waals surface area contributed by atoms with Crippen molar-refractivity contribution < 1.29 is 4.74 Å². The van der Waals surface area contributed by atoms with E-state index in [1.54, 1.807) is 11.3 Å². The Morgan fingerprint density at radius 3 is 2.59 bits per heavy atom. The second kappa shape index (κ2) is 6.75. The van der Waals surface area contributed by atoms with Crippen LogP contribution in [0.4, 0.5) is 0 Å². The molecule has 0 aliphatic carbocycles. The van der Waals surface area contributed by atoms with E-state index < -0.39 is 0 Å². The molecule has 2 nitrogen and oxygen atoms in total. The zero-order chi connectivity index (χ0) is 15.4. The number of nitrogens with zero attached hydrogens (tertiary/aromatic N) is 1. The molecule has 0 fully saturated rings. The van der Waals surface area contributed by atoms with Gasteiger partial charge in [-0.3, -0.25) is 0 Å². The highest BCUT2D eigenvalue weighted by Crippen LogP contribution is 2.32. The van der Waals surface area contributed by atoms with Crippen molar-refractivity contribution >= 4 is 11.3 Å². The number of thiazole rings is 1. The van der Waals surface area contributed by atoms with Crippen LogP contribution in [-0.4, -0.2) is 4.98 Å². The number of benzene rings is 2. The van der Waals surface area contributed by atoms with Gasteiger partial charge in [-0.1, -0.05) is 44.2 Å². The third-order valence-corrected chi connectivity index (χ3v) is 4.18. The molecule has 0 N–H and O–H groups in total. The predicted octanol–water partition coefficient (Wildman–Crippen LogP) is 5.51. The molecule has 0 aliphatic heterocycles. The SMILES string of the molecule is CC(C)c1cc(-c2cscn2)ccc1OCc1ccccc1. The van der Waals surface area contributed by atoms with Gasteiger partial charge in [0.1, 0.15) is 12.4 Å². The lowest BCUT2D eigenvalue weighted by Crippen LogP contribution is -2.00. The molecule has 0 unspecified atom stereocenters. The molecule has 0 saturated heterocycles. The van der Waals surface area contributed by atoms with Crippen LogP contribution in [0.25, 0.3) is 11.3 Å². The maximum Gasteiger partial charge on any atom is 0.123 e. The van der Waals surface area contributed by atoms with Gasteiger partial charge >= 0.3 is 0 Å². The summed E-state index contributed by atoms with van der Waals surface area (Å²) in [5, 5.41) is 2.07. The normalized spacial score (nSPS) is 10.9. The average molecular weight is 309 g/mol. The van der Waals surface area contributed by atoms with Crippen LogP contribution in [0.2, 0.25) is 0 Å². The van der Waals surface area contributed by atoms with Crippen molar-refractivity contribution in [2.45, 2.75) is 26.4 Å². The van der Waals surface area contributed by atoms with Gasteiger partial charge < -0.3 is 4.74 Å². The Labute approximate surface area is 135 Å². The molecule has 0 radical (unpaired) electrons. The van der Waals surface area contributed by atoms with Crippen LogP contribution in [-0.2, 0) is 6.61 Å². The molecule has 0 bridgehead atoms. The lowest BCUT2D eigenvalue weighted by Gasteiger charge is -2.15. The predicted molar refractivity (Wildman–Crippen MR) is 92.4 cm³/mol. The Kier molecular flexibility index (Phi) is 4.54. The summed E-state index contributed by atoms with van der Waals surface area (Å²) in [6, 6.07) is 16.6. The molecule has 0 spiro atoms. The summed E-state index contributed by atoms with van der Waals surface area (Å²) in [5.41, 5.74) is 6.45. The summed E-state index contributed by atoms with van der Waals surface area (Å²) in [5.74, 6) is 1.36. The van der Waals surface area contributed by atoms with Gasteiger partial charge in [0.05, 0.1) is 11.2 Å². The van der Waals surface area contributed by atoms with Crippen LogP contribution < -0.4 is 4.74 Å². The quantitative estimate of drug-likeness (QED) is 0.619. The lowest BCUT2D eigenvalue weighted by atomic mass is 9.98. The number of rotatable bonds is 5. The summed E-state index contributed by atoms with van der Waals surface area (Å²) < 4.78 is 6.04. The van der Waals surface area contributed by atoms with Crippen LogP contribution in [0.5, 0.6) is 5.75 Å². The van der Waals surface area contributed by atoms with E-state index in [0.29, 0.717) is 12.5 Å². The first-order valence-electron chi connectivity index (χ1n) is 7.43. The van der Waals surface area contributed by atoms with E-state index in [1.807, 2.05) is 23.7 Å². The summed E-state index contributed by atoms with van der Waals surface area (Å²) in [7, 11) is 0. The molecule has 22 heavy (non-hydrogen) atoms. The Bertz CT molecular complexity index is 720. The molecule has 2 aromatic carbocycles. The summed E-state index contributed by atoms with van der Waals surface area (Å²) in [6.07, 6.45) is 0. The Morgan fingerprint density at radius 1 is 1.09 bits per heavy atom. The first kappa shape index (κ1) is 14.8. The van der Waals surface area contributed by atoms with Gasteiger partial charge in [-0.25, -0.2) is 4.98 Å². The van der Waals surface area contributed by atoms with Gasteiger partial charge in [-0.15, -0.1) is 11.3 Å². The number of hydrogen-bond acceptors (Lipinski definition) is 3. The molecular weight excluding hydrogens is 290 g/mol. The minimum atomic E-state index is 0.407. The molecule has 0 amide bonds. The highest BCUT2D eigenvalue weighted by Gasteiger charge is 2.11. The third-order valence-electron chi connectivity index (χ3n) is 3.60. The van der Waals surface area contributed by atoms with Crippen LogP contribution in [0.1, 0.15) is 30.9 Å². The zero-order valence-corrected chi connectivity index (χ0v) is 13.6. The van der Waals surface area contributed by atoms with Gasteiger partial charge in [0, 0.05) is 10.9 Å². The number of aromatic nitrogens is 1. The van der Waals surface area contributed by atoms with E-state index in [1.165, 1.54) is 11.1 Å². The first-order valence-corrected chi connectivity index (χ1v) is 8.37. The Hall–Kier alpha value is -2.13. The standard InChI is InChI=1S/C19H19NOS/c1-14(2)17-10-16(18-12-22-13-20-18)8-9-19(17)21-11-15-6-4-3-5-7-15/h3-10,12-14H,11H2,1-2H3. The van der Waals surface area contributed by atoms with E-state index in [-0.39, 0.29) is 0 Å². The van der Waals surface area contributed by atoms with Crippen molar-refractivity contribution in [2.24, 2.45) is 0 Å². The van der Waals surface area contributed by atoms with Crippen molar-refractivity contribution in [1.82, 2.24) is 4.98 Å². The van der Waals surface area contributed by atoms with E-state index in [9.17, 15) is 0 Å². The maximum atomic E-state index is 6.04. The Balaban J connectivity index is 1.84. The van der Waals surface area contributed by atoms with Crippen molar-refractivity contribution in [2.75, 3.05) is 0 Å². The van der Waals surface area contributed by atoms with E-state index in [2.05, 4.69) is 54.5 Å².